The van der Waals surface area contributed by atoms with Gasteiger partial charge in [-0.25, -0.2) is 0 Å². The van der Waals surface area contributed by atoms with Crippen LogP contribution in [0.5, 0.6) is 5.88 Å². The van der Waals surface area contributed by atoms with E-state index in [2.05, 4.69) is 22.4 Å². The fourth-order valence-electron chi connectivity index (χ4n) is 1.41. The monoisotopic (exact) mass is 239 g/mol. The van der Waals surface area contributed by atoms with Crippen molar-refractivity contribution in [2.45, 2.75) is 32.9 Å². The summed E-state index contributed by atoms with van der Waals surface area (Å²) in [5.74, 6) is 0.522. The van der Waals surface area contributed by atoms with Gasteiger partial charge in [0.15, 0.2) is 0 Å². The van der Waals surface area contributed by atoms with Crippen LogP contribution < -0.4 is 10.1 Å². The molecule has 96 valence electrons. The lowest BCUT2D eigenvalue weighted by atomic mass is 10.2. The molecule has 1 aromatic heterocycles. The third kappa shape index (κ3) is 4.66. The van der Waals surface area contributed by atoms with Crippen LogP contribution in [0.15, 0.2) is 12.1 Å². The summed E-state index contributed by atoms with van der Waals surface area (Å²) in [6, 6.07) is 3.78. The molecule has 0 saturated heterocycles. The molecular formula is C12H21N3O2. The maximum Gasteiger partial charge on any atom is 0.233 e. The Bertz CT molecular complexity index is 314. The molecule has 17 heavy (non-hydrogen) atoms. The number of hydrogen-bond donors (Lipinski definition) is 1. The lowest BCUT2D eigenvalue weighted by Crippen LogP contribution is -2.27. The van der Waals surface area contributed by atoms with Crippen molar-refractivity contribution in [2.24, 2.45) is 0 Å². The van der Waals surface area contributed by atoms with Crippen molar-refractivity contribution in [3.05, 3.63) is 17.8 Å². The molecule has 0 aliphatic carbocycles. The first-order valence-corrected chi connectivity index (χ1v) is 5.90. The van der Waals surface area contributed by atoms with Crippen molar-refractivity contribution in [3.63, 3.8) is 0 Å². The van der Waals surface area contributed by atoms with Gasteiger partial charge in [-0.3, -0.25) is 0 Å². The normalized spacial score (nSPS) is 12.8. The maximum absolute atomic E-state index is 5.61. The molecule has 1 unspecified atom stereocenters. The summed E-state index contributed by atoms with van der Waals surface area (Å²) in [7, 11) is 1.58. The minimum atomic E-state index is 0.0702. The van der Waals surface area contributed by atoms with Gasteiger partial charge in [-0.05, 0) is 26.5 Å². The number of hydrogen-bond acceptors (Lipinski definition) is 5. The van der Waals surface area contributed by atoms with Crippen LogP contribution in [0.1, 0.15) is 32.5 Å². The molecule has 0 aliphatic heterocycles. The highest BCUT2D eigenvalue weighted by Gasteiger charge is 2.13. The van der Waals surface area contributed by atoms with E-state index in [9.17, 15) is 0 Å². The first kappa shape index (κ1) is 13.9. The molecule has 0 fully saturated rings. The fraction of sp³-hybridized carbons (Fsp3) is 0.667. The van der Waals surface area contributed by atoms with Crippen LogP contribution >= 0.6 is 0 Å². The number of aromatic nitrogens is 2. The van der Waals surface area contributed by atoms with E-state index in [1.807, 2.05) is 26.0 Å². The third-order valence-corrected chi connectivity index (χ3v) is 2.27. The average molecular weight is 239 g/mol. The van der Waals surface area contributed by atoms with Gasteiger partial charge in [0, 0.05) is 6.07 Å². The largest absolute Gasteiger partial charge is 0.480 e. The Labute approximate surface area is 103 Å². The predicted molar refractivity (Wildman–Crippen MR) is 66.1 cm³/mol. The SMILES string of the molecule is CCNC(COC(C)C)c1ccc(OC)nn1. The Balaban J connectivity index is 2.67. The summed E-state index contributed by atoms with van der Waals surface area (Å²) in [4.78, 5) is 0. The Morgan fingerprint density at radius 1 is 1.29 bits per heavy atom. The minimum Gasteiger partial charge on any atom is -0.480 e. The lowest BCUT2D eigenvalue weighted by molar-refractivity contribution is 0.0604. The van der Waals surface area contributed by atoms with Crippen LogP contribution in [0.4, 0.5) is 0 Å². The molecule has 1 aromatic rings. The van der Waals surface area contributed by atoms with Gasteiger partial charge in [0.05, 0.1) is 31.6 Å². The van der Waals surface area contributed by atoms with Crippen LogP contribution in [0.25, 0.3) is 0 Å². The highest BCUT2D eigenvalue weighted by Crippen LogP contribution is 2.13. The lowest BCUT2D eigenvalue weighted by Gasteiger charge is -2.18. The van der Waals surface area contributed by atoms with Gasteiger partial charge < -0.3 is 14.8 Å². The predicted octanol–water partition coefficient (Wildman–Crippen LogP) is 1.56. The molecular weight excluding hydrogens is 218 g/mol. The summed E-state index contributed by atoms with van der Waals surface area (Å²) >= 11 is 0. The standard InChI is InChI=1S/C12H21N3O2/c1-5-13-11(8-17-9(2)3)10-6-7-12(16-4)15-14-10/h6-7,9,11,13H,5,8H2,1-4H3. The molecule has 0 saturated carbocycles. The minimum absolute atomic E-state index is 0.0702. The molecule has 1 heterocycles. The first-order chi connectivity index (χ1) is 8.17. The highest BCUT2D eigenvalue weighted by atomic mass is 16.5. The Hall–Kier alpha value is -1.20. The van der Waals surface area contributed by atoms with Crippen LogP contribution in [0.2, 0.25) is 0 Å². The Morgan fingerprint density at radius 2 is 2.06 bits per heavy atom. The molecule has 1 rings (SSSR count). The van der Waals surface area contributed by atoms with Gasteiger partial charge in [0.1, 0.15) is 0 Å². The molecule has 1 N–H and O–H groups in total. The van der Waals surface area contributed by atoms with E-state index < -0.39 is 0 Å². The van der Waals surface area contributed by atoms with E-state index in [0.717, 1.165) is 12.2 Å². The molecule has 5 nitrogen and oxygen atoms in total. The molecule has 0 aliphatic rings. The van der Waals surface area contributed by atoms with Crippen LogP contribution in [-0.2, 0) is 4.74 Å². The van der Waals surface area contributed by atoms with Gasteiger partial charge in [-0.1, -0.05) is 6.92 Å². The van der Waals surface area contributed by atoms with Gasteiger partial charge in [-0.2, -0.15) is 5.10 Å². The van der Waals surface area contributed by atoms with E-state index in [0.29, 0.717) is 12.5 Å². The third-order valence-electron chi connectivity index (χ3n) is 2.27. The second kappa shape index (κ2) is 7.19. The summed E-state index contributed by atoms with van der Waals surface area (Å²) in [5, 5.41) is 11.4. The van der Waals surface area contributed by atoms with Crippen LogP contribution in [0.3, 0.4) is 0 Å². The number of rotatable bonds is 7. The van der Waals surface area contributed by atoms with Crippen LogP contribution in [-0.4, -0.2) is 36.6 Å². The number of likely N-dealkylation sites (N-methyl/N-ethyl adjacent to an activating group) is 1. The smallest absolute Gasteiger partial charge is 0.233 e. The van der Waals surface area contributed by atoms with Crippen molar-refractivity contribution in [3.8, 4) is 5.88 Å². The average Bonchev–Trinajstić information content (AvgIpc) is 2.34. The van der Waals surface area contributed by atoms with Crippen LogP contribution in [0, 0.1) is 0 Å². The van der Waals surface area contributed by atoms with E-state index in [-0.39, 0.29) is 12.1 Å². The molecule has 0 radical (unpaired) electrons. The molecule has 0 aromatic carbocycles. The van der Waals surface area contributed by atoms with Crippen molar-refractivity contribution in [1.29, 1.82) is 0 Å². The van der Waals surface area contributed by atoms with E-state index in [1.165, 1.54) is 0 Å². The Morgan fingerprint density at radius 3 is 2.53 bits per heavy atom. The zero-order valence-electron chi connectivity index (χ0n) is 10.9. The summed E-state index contributed by atoms with van der Waals surface area (Å²) < 4.78 is 10.6. The molecule has 0 bridgehead atoms. The number of methoxy groups -OCH3 is 1. The topological polar surface area (TPSA) is 56.3 Å². The molecule has 5 heteroatoms. The first-order valence-electron chi connectivity index (χ1n) is 5.90. The quantitative estimate of drug-likeness (QED) is 0.782. The van der Waals surface area contributed by atoms with Gasteiger partial charge in [0.25, 0.3) is 0 Å². The second-order valence-electron chi connectivity index (χ2n) is 3.99. The fourth-order valence-corrected chi connectivity index (χ4v) is 1.41. The highest BCUT2D eigenvalue weighted by molar-refractivity contribution is 5.14. The van der Waals surface area contributed by atoms with Crippen molar-refractivity contribution < 1.29 is 9.47 Å². The zero-order chi connectivity index (χ0) is 12.7. The van der Waals surface area contributed by atoms with Crippen molar-refractivity contribution >= 4 is 0 Å². The van der Waals surface area contributed by atoms with Gasteiger partial charge >= 0.3 is 0 Å². The van der Waals surface area contributed by atoms with Gasteiger partial charge in [0.2, 0.25) is 5.88 Å². The number of ether oxygens (including phenoxy) is 2. The van der Waals surface area contributed by atoms with Crippen molar-refractivity contribution in [2.75, 3.05) is 20.3 Å². The van der Waals surface area contributed by atoms with E-state index >= 15 is 0 Å². The summed E-state index contributed by atoms with van der Waals surface area (Å²) in [6.45, 7) is 7.54. The zero-order valence-corrected chi connectivity index (χ0v) is 10.9. The Kier molecular flexibility index (Phi) is 5.86. The van der Waals surface area contributed by atoms with E-state index in [4.69, 9.17) is 9.47 Å². The number of nitrogens with zero attached hydrogens (tertiary/aromatic N) is 2. The van der Waals surface area contributed by atoms with Crippen molar-refractivity contribution in [1.82, 2.24) is 15.5 Å². The molecule has 0 amide bonds. The molecule has 0 spiro atoms. The summed E-state index contributed by atoms with van der Waals surface area (Å²) in [6.07, 6.45) is 0.211. The summed E-state index contributed by atoms with van der Waals surface area (Å²) in [5.41, 5.74) is 0.869. The number of nitrogens with one attached hydrogen (secondary N) is 1. The maximum atomic E-state index is 5.61. The molecule has 1 atom stereocenters. The van der Waals surface area contributed by atoms with E-state index in [1.54, 1.807) is 7.11 Å². The second-order valence-corrected chi connectivity index (χ2v) is 3.99. The van der Waals surface area contributed by atoms with Gasteiger partial charge in [-0.15, -0.1) is 5.10 Å².